The lowest BCUT2D eigenvalue weighted by Crippen LogP contribution is -2.24. The number of nitrogens with one attached hydrogen (secondary N) is 4. The number of anilines is 3. The Kier molecular flexibility index (Phi) is 16.6. The molecular formula is C54H56N10O5S2. The fourth-order valence-electron chi connectivity index (χ4n) is 7.50. The number of aryl methyl sites for hydroxylation is 2. The molecule has 6 aromatic carbocycles. The summed E-state index contributed by atoms with van der Waals surface area (Å²) >= 11 is 2.68. The van der Waals surface area contributed by atoms with Crippen LogP contribution < -0.4 is 35.5 Å². The van der Waals surface area contributed by atoms with Crippen LogP contribution in [-0.4, -0.2) is 66.6 Å². The average molecular weight is 989 g/mol. The number of aromatic nitrogens is 6. The van der Waals surface area contributed by atoms with E-state index in [0.717, 1.165) is 67.8 Å². The molecule has 0 bridgehead atoms. The van der Waals surface area contributed by atoms with Crippen LogP contribution in [-0.2, 0) is 35.8 Å². The molecule has 8 rings (SSSR count). The van der Waals surface area contributed by atoms with E-state index in [1.165, 1.54) is 23.5 Å². The van der Waals surface area contributed by atoms with E-state index >= 15 is 0 Å². The number of amides is 2. The van der Waals surface area contributed by atoms with Crippen molar-refractivity contribution >= 4 is 52.4 Å². The number of rotatable bonds is 22. The SMILES string of the molecule is COc1ccc(NCc2nnc(SC(C)C(=O)Nc3c(C)ccc(COc4ccc(NCc5nnc(SCC(=O)NCc6ccccc6)n5-c5ccc(OC)cc5)cc4)c3C)n2-c2ccc(C)cc2)cc1. The first kappa shape index (κ1) is 49.7. The number of methoxy groups -OCH3 is 2. The molecule has 0 saturated carbocycles. The van der Waals surface area contributed by atoms with Crippen LogP contribution in [0, 0.1) is 20.8 Å². The summed E-state index contributed by atoms with van der Waals surface area (Å²) in [6, 6.07) is 45.0. The number of ether oxygens (including phenoxy) is 3. The first-order valence-electron chi connectivity index (χ1n) is 23.0. The Bertz CT molecular complexity index is 3040. The molecule has 0 aliphatic carbocycles. The van der Waals surface area contributed by atoms with Crippen molar-refractivity contribution in [3.05, 3.63) is 179 Å². The van der Waals surface area contributed by atoms with Crippen molar-refractivity contribution in [1.82, 2.24) is 34.8 Å². The molecule has 1 atom stereocenters. The molecular weight excluding hydrogens is 933 g/mol. The number of benzene rings is 6. The van der Waals surface area contributed by atoms with Gasteiger partial charge in [-0.25, -0.2) is 0 Å². The van der Waals surface area contributed by atoms with Crippen LogP contribution >= 0.6 is 23.5 Å². The second kappa shape index (κ2) is 23.7. The molecule has 4 N–H and O–H groups in total. The van der Waals surface area contributed by atoms with E-state index < -0.39 is 5.25 Å². The molecule has 364 valence electrons. The van der Waals surface area contributed by atoms with Gasteiger partial charge in [-0.2, -0.15) is 0 Å². The minimum absolute atomic E-state index is 0.0995. The van der Waals surface area contributed by atoms with E-state index in [9.17, 15) is 9.59 Å². The normalized spacial score (nSPS) is 11.4. The zero-order chi connectivity index (χ0) is 49.7. The molecule has 1 unspecified atom stereocenters. The van der Waals surface area contributed by atoms with Crippen LogP contribution in [0.2, 0.25) is 0 Å². The van der Waals surface area contributed by atoms with Gasteiger partial charge in [-0.15, -0.1) is 20.4 Å². The molecule has 0 aliphatic rings. The molecule has 0 aliphatic heterocycles. The Morgan fingerprint density at radius 2 is 1.17 bits per heavy atom. The summed E-state index contributed by atoms with van der Waals surface area (Å²) in [6.07, 6.45) is 0. The van der Waals surface area contributed by atoms with Crippen LogP contribution in [0.1, 0.15) is 46.4 Å². The lowest BCUT2D eigenvalue weighted by Gasteiger charge is -2.18. The predicted octanol–water partition coefficient (Wildman–Crippen LogP) is 10.1. The van der Waals surface area contributed by atoms with Crippen LogP contribution in [0.3, 0.4) is 0 Å². The monoisotopic (exact) mass is 988 g/mol. The highest BCUT2D eigenvalue weighted by molar-refractivity contribution is 8.00. The maximum atomic E-state index is 13.9. The largest absolute Gasteiger partial charge is 0.497 e. The van der Waals surface area contributed by atoms with Gasteiger partial charge in [0, 0.05) is 35.0 Å². The number of carbonyl (C=O) groups excluding carboxylic acids is 2. The zero-order valence-corrected chi connectivity index (χ0v) is 42.1. The number of thioether (sulfide) groups is 2. The molecule has 71 heavy (non-hydrogen) atoms. The third-order valence-electron chi connectivity index (χ3n) is 11.6. The van der Waals surface area contributed by atoms with E-state index in [0.29, 0.717) is 54.0 Å². The standard InChI is InChI=1S/C54H56N10O5S2/c1-35-12-20-43(21-13-35)64-49(32-56-41-16-24-45(67-5)25-17-41)60-62-54(64)71-38(4)52(66)58-51-36(2)14-15-40(37(51)3)33-69-47-26-18-42(19-27-47)55-31-48-59-61-53(63(48)44-22-28-46(68-6)29-23-44)70-34-50(65)57-30-39-10-8-7-9-11-39/h7-29,38,55-56H,30-34H2,1-6H3,(H,57,65)(H,58,66). The van der Waals surface area contributed by atoms with E-state index in [4.69, 9.17) is 14.2 Å². The maximum absolute atomic E-state index is 13.9. The Balaban J connectivity index is 0.877. The molecule has 17 heteroatoms. The zero-order valence-electron chi connectivity index (χ0n) is 40.4. The van der Waals surface area contributed by atoms with Crippen molar-refractivity contribution in [2.75, 3.05) is 35.9 Å². The second-order valence-electron chi connectivity index (χ2n) is 16.6. The summed E-state index contributed by atoms with van der Waals surface area (Å²) in [5.41, 5.74) is 9.26. The Morgan fingerprint density at radius 1 is 0.620 bits per heavy atom. The third kappa shape index (κ3) is 12.9. The minimum atomic E-state index is -0.500. The molecule has 2 aromatic heterocycles. The Labute approximate surface area is 422 Å². The summed E-state index contributed by atoms with van der Waals surface area (Å²) in [7, 11) is 3.27. The van der Waals surface area contributed by atoms with E-state index in [1.54, 1.807) is 14.2 Å². The molecule has 0 radical (unpaired) electrons. The summed E-state index contributed by atoms with van der Waals surface area (Å²) in [6.45, 7) is 9.44. The van der Waals surface area contributed by atoms with Crippen molar-refractivity contribution in [1.29, 1.82) is 0 Å². The highest BCUT2D eigenvalue weighted by atomic mass is 32.2. The summed E-state index contributed by atoms with van der Waals surface area (Å²) < 4.78 is 20.9. The number of nitrogens with zero attached hydrogens (tertiary/aromatic N) is 6. The molecule has 0 fully saturated rings. The molecule has 0 saturated heterocycles. The molecule has 15 nitrogen and oxygen atoms in total. The van der Waals surface area contributed by atoms with Gasteiger partial charge < -0.3 is 35.5 Å². The minimum Gasteiger partial charge on any atom is -0.497 e. The maximum Gasteiger partial charge on any atom is 0.237 e. The molecule has 8 aromatic rings. The second-order valence-corrected chi connectivity index (χ2v) is 18.8. The van der Waals surface area contributed by atoms with Crippen molar-refractivity contribution in [3.8, 4) is 28.6 Å². The van der Waals surface area contributed by atoms with Gasteiger partial charge in [-0.05, 0) is 135 Å². The van der Waals surface area contributed by atoms with Crippen molar-refractivity contribution < 1.29 is 23.8 Å². The summed E-state index contributed by atoms with van der Waals surface area (Å²) in [5.74, 6) is 3.50. The lowest BCUT2D eigenvalue weighted by atomic mass is 10.0. The van der Waals surface area contributed by atoms with Crippen molar-refractivity contribution in [2.45, 2.75) is 69.5 Å². The van der Waals surface area contributed by atoms with Gasteiger partial charge in [-0.3, -0.25) is 18.7 Å². The van der Waals surface area contributed by atoms with Crippen LogP contribution in [0.5, 0.6) is 17.2 Å². The van der Waals surface area contributed by atoms with Crippen molar-refractivity contribution in [2.24, 2.45) is 0 Å². The topological polar surface area (TPSA) is 171 Å². The van der Waals surface area contributed by atoms with E-state index in [2.05, 4.69) is 41.7 Å². The lowest BCUT2D eigenvalue weighted by molar-refractivity contribution is -0.118. The first-order chi connectivity index (χ1) is 34.5. The molecule has 2 amide bonds. The Hall–Kier alpha value is -7.76. The Morgan fingerprint density at radius 3 is 1.77 bits per heavy atom. The van der Waals surface area contributed by atoms with E-state index in [-0.39, 0.29) is 17.6 Å². The number of hydrogen-bond acceptors (Lipinski definition) is 13. The average Bonchev–Trinajstić information content (AvgIpc) is 4.01. The molecule has 2 heterocycles. The van der Waals surface area contributed by atoms with Crippen LogP contribution in [0.4, 0.5) is 17.1 Å². The molecule has 0 spiro atoms. The van der Waals surface area contributed by atoms with Gasteiger partial charge in [0.15, 0.2) is 22.0 Å². The quantitative estimate of drug-likeness (QED) is 0.0474. The van der Waals surface area contributed by atoms with Gasteiger partial charge in [-0.1, -0.05) is 83.7 Å². The first-order valence-corrected chi connectivity index (χ1v) is 24.9. The number of carbonyl (C=O) groups is 2. The summed E-state index contributed by atoms with van der Waals surface area (Å²) in [5, 5.41) is 31.9. The van der Waals surface area contributed by atoms with Crippen molar-refractivity contribution in [3.63, 3.8) is 0 Å². The van der Waals surface area contributed by atoms with E-state index in [1.807, 2.05) is 176 Å². The van der Waals surface area contributed by atoms with Gasteiger partial charge >= 0.3 is 0 Å². The van der Waals surface area contributed by atoms with Gasteiger partial charge in [0.2, 0.25) is 11.8 Å². The van der Waals surface area contributed by atoms with Gasteiger partial charge in [0.1, 0.15) is 23.9 Å². The highest BCUT2D eigenvalue weighted by Gasteiger charge is 2.23. The highest BCUT2D eigenvalue weighted by Crippen LogP contribution is 2.31. The smallest absolute Gasteiger partial charge is 0.237 e. The summed E-state index contributed by atoms with van der Waals surface area (Å²) in [4.78, 5) is 26.7. The predicted molar refractivity (Wildman–Crippen MR) is 281 cm³/mol. The fraction of sp³-hybridized carbons (Fsp3) is 0.222. The van der Waals surface area contributed by atoms with Crippen LogP contribution in [0.25, 0.3) is 11.4 Å². The van der Waals surface area contributed by atoms with Gasteiger partial charge in [0.25, 0.3) is 0 Å². The fourth-order valence-corrected chi connectivity index (χ4v) is 9.18. The number of hydrogen-bond donors (Lipinski definition) is 4. The van der Waals surface area contributed by atoms with Crippen LogP contribution in [0.15, 0.2) is 150 Å². The van der Waals surface area contributed by atoms with Gasteiger partial charge in [0.05, 0.1) is 38.3 Å². The third-order valence-corrected chi connectivity index (χ3v) is 13.6.